The minimum Gasteiger partial charge on any atom is -0.497 e. The molecule has 0 atom stereocenters. The molecule has 0 radical (unpaired) electrons. The summed E-state index contributed by atoms with van der Waals surface area (Å²) in [7, 11) is 1.62. The van der Waals surface area contributed by atoms with Crippen LogP contribution in [0.2, 0.25) is 5.02 Å². The monoisotopic (exact) mass is 397 g/mol. The molecule has 2 aromatic carbocycles. The van der Waals surface area contributed by atoms with Crippen molar-refractivity contribution in [1.82, 2.24) is 4.98 Å². The van der Waals surface area contributed by atoms with Gasteiger partial charge in [-0.1, -0.05) is 23.7 Å². The zero-order chi connectivity index (χ0) is 19.8. The fourth-order valence-corrected chi connectivity index (χ4v) is 2.63. The van der Waals surface area contributed by atoms with Crippen molar-refractivity contribution in [3.8, 4) is 11.5 Å². The van der Waals surface area contributed by atoms with E-state index in [1.165, 1.54) is 0 Å². The Kier molecular flexibility index (Phi) is 6.70. The average Bonchev–Trinajstić information content (AvgIpc) is 2.73. The Balaban J connectivity index is 1.51. The van der Waals surface area contributed by atoms with Crippen molar-refractivity contribution >= 4 is 29.0 Å². The highest BCUT2D eigenvalue weighted by atomic mass is 35.5. The van der Waals surface area contributed by atoms with Gasteiger partial charge in [-0.15, -0.1) is 0 Å². The Labute approximate surface area is 168 Å². The molecule has 1 heterocycles. The number of halogens is 1. The lowest BCUT2D eigenvalue weighted by Crippen LogP contribution is -2.15. The van der Waals surface area contributed by atoms with Gasteiger partial charge in [0.05, 0.1) is 24.4 Å². The quantitative estimate of drug-likeness (QED) is 0.548. The number of hydrogen-bond donors (Lipinski definition) is 2. The molecule has 7 heteroatoms. The van der Waals surface area contributed by atoms with E-state index < -0.39 is 0 Å². The third-order valence-corrected chi connectivity index (χ3v) is 4.21. The number of amides is 1. The lowest BCUT2D eigenvalue weighted by Gasteiger charge is -2.10. The largest absolute Gasteiger partial charge is 0.497 e. The number of carbonyl (C=O) groups is 1. The lowest BCUT2D eigenvalue weighted by molar-refractivity contribution is 0.102. The summed E-state index contributed by atoms with van der Waals surface area (Å²) >= 11 is 6.08. The molecule has 0 unspecified atom stereocenters. The number of pyridine rings is 1. The Bertz CT molecular complexity index is 932. The van der Waals surface area contributed by atoms with E-state index >= 15 is 0 Å². The fraction of sp³-hybridized carbons (Fsp3) is 0.143. The second kappa shape index (κ2) is 9.62. The average molecular weight is 398 g/mol. The van der Waals surface area contributed by atoms with E-state index in [0.717, 1.165) is 11.5 Å². The molecule has 144 valence electrons. The first-order valence-electron chi connectivity index (χ1n) is 8.68. The van der Waals surface area contributed by atoms with Crippen LogP contribution in [0.1, 0.15) is 10.4 Å². The number of methoxy groups -OCH3 is 1. The molecular weight excluding hydrogens is 378 g/mol. The van der Waals surface area contributed by atoms with Crippen molar-refractivity contribution in [3.63, 3.8) is 0 Å². The molecule has 0 spiro atoms. The van der Waals surface area contributed by atoms with E-state index in [1.54, 1.807) is 43.6 Å². The van der Waals surface area contributed by atoms with Gasteiger partial charge in [-0.2, -0.15) is 0 Å². The normalized spacial score (nSPS) is 10.2. The van der Waals surface area contributed by atoms with Crippen LogP contribution in [0.3, 0.4) is 0 Å². The summed E-state index contributed by atoms with van der Waals surface area (Å²) in [6, 6.07) is 17.8. The van der Waals surface area contributed by atoms with Gasteiger partial charge in [0.2, 0.25) is 0 Å². The van der Waals surface area contributed by atoms with Crippen molar-refractivity contribution in [2.45, 2.75) is 0 Å². The third-order valence-electron chi connectivity index (χ3n) is 3.88. The van der Waals surface area contributed by atoms with Crippen LogP contribution in [0.15, 0.2) is 66.9 Å². The first-order chi connectivity index (χ1) is 13.7. The number of para-hydroxylation sites is 1. The van der Waals surface area contributed by atoms with E-state index in [2.05, 4.69) is 15.6 Å². The summed E-state index contributed by atoms with van der Waals surface area (Å²) in [6.07, 6.45) is 1.58. The topological polar surface area (TPSA) is 72.5 Å². The van der Waals surface area contributed by atoms with Gasteiger partial charge in [-0.25, -0.2) is 4.98 Å². The molecular formula is C21H20ClN3O3. The molecule has 0 bridgehead atoms. The second-order valence-corrected chi connectivity index (χ2v) is 6.22. The van der Waals surface area contributed by atoms with Crippen LogP contribution in [0.4, 0.5) is 11.5 Å². The van der Waals surface area contributed by atoms with Gasteiger partial charge in [0.1, 0.15) is 23.9 Å². The molecule has 0 aliphatic heterocycles. The summed E-state index contributed by atoms with van der Waals surface area (Å²) in [6.45, 7) is 0.985. The van der Waals surface area contributed by atoms with Gasteiger partial charge in [-0.3, -0.25) is 4.79 Å². The standard InChI is InChI=1S/C21H20ClN3O3/c1-27-16-6-8-17(9-7-16)28-13-12-24-20-14-15(10-11-23-20)21(26)25-19-5-3-2-4-18(19)22/h2-11,14H,12-13H2,1H3,(H,23,24)(H,25,26). The summed E-state index contributed by atoms with van der Waals surface area (Å²) in [4.78, 5) is 16.6. The molecule has 0 fully saturated rings. The highest BCUT2D eigenvalue weighted by Crippen LogP contribution is 2.21. The van der Waals surface area contributed by atoms with E-state index in [0.29, 0.717) is 35.2 Å². The third kappa shape index (κ3) is 5.37. The number of carbonyl (C=O) groups excluding carboxylic acids is 1. The van der Waals surface area contributed by atoms with Crippen molar-refractivity contribution < 1.29 is 14.3 Å². The Hall–Kier alpha value is -3.25. The number of benzene rings is 2. The van der Waals surface area contributed by atoms with Crippen LogP contribution in [0.5, 0.6) is 11.5 Å². The van der Waals surface area contributed by atoms with Gasteiger partial charge >= 0.3 is 0 Å². The minimum absolute atomic E-state index is 0.256. The number of nitrogens with zero attached hydrogens (tertiary/aromatic N) is 1. The van der Waals surface area contributed by atoms with Crippen molar-refractivity contribution in [1.29, 1.82) is 0 Å². The van der Waals surface area contributed by atoms with Crippen molar-refractivity contribution in [2.75, 3.05) is 30.9 Å². The highest BCUT2D eigenvalue weighted by molar-refractivity contribution is 6.33. The maximum atomic E-state index is 12.4. The Morgan fingerprint density at radius 1 is 1.07 bits per heavy atom. The predicted octanol–water partition coefficient (Wildman–Crippen LogP) is 4.49. The molecule has 0 saturated carbocycles. The lowest BCUT2D eigenvalue weighted by atomic mass is 10.2. The van der Waals surface area contributed by atoms with Gasteiger partial charge in [-0.05, 0) is 48.5 Å². The number of ether oxygens (including phenoxy) is 2. The molecule has 0 aliphatic carbocycles. The molecule has 1 amide bonds. The zero-order valence-corrected chi connectivity index (χ0v) is 16.1. The summed E-state index contributed by atoms with van der Waals surface area (Å²) in [5, 5.41) is 6.42. The highest BCUT2D eigenvalue weighted by Gasteiger charge is 2.09. The SMILES string of the molecule is COc1ccc(OCCNc2cc(C(=O)Nc3ccccc3Cl)ccn2)cc1. The van der Waals surface area contributed by atoms with Crippen LogP contribution < -0.4 is 20.1 Å². The van der Waals surface area contributed by atoms with Crippen LogP contribution in [0, 0.1) is 0 Å². The molecule has 0 aliphatic rings. The smallest absolute Gasteiger partial charge is 0.255 e. The van der Waals surface area contributed by atoms with E-state index in [9.17, 15) is 4.79 Å². The number of hydrogen-bond acceptors (Lipinski definition) is 5. The van der Waals surface area contributed by atoms with Crippen molar-refractivity contribution in [2.24, 2.45) is 0 Å². The molecule has 0 saturated heterocycles. The molecule has 3 rings (SSSR count). The van der Waals surface area contributed by atoms with Crippen LogP contribution in [-0.4, -0.2) is 31.2 Å². The number of anilines is 2. The van der Waals surface area contributed by atoms with Crippen LogP contribution in [-0.2, 0) is 0 Å². The minimum atomic E-state index is -0.256. The first kappa shape index (κ1) is 19.5. The van der Waals surface area contributed by atoms with E-state index in [1.807, 2.05) is 30.3 Å². The van der Waals surface area contributed by atoms with Gasteiger partial charge in [0.25, 0.3) is 5.91 Å². The van der Waals surface area contributed by atoms with Crippen molar-refractivity contribution in [3.05, 3.63) is 77.4 Å². The molecule has 28 heavy (non-hydrogen) atoms. The number of nitrogens with one attached hydrogen (secondary N) is 2. The maximum absolute atomic E-state index is 12.4. The van der Waals surface area contributed by atoms with Gasteiger partial charge in [0, 0.05) is 11.8 Å². The van der Waals surface area contributed by atoms with Gasteiger partial charge in [0.15, 0.2) is 0 Å². The Morgan fingerprint density at radius 2 is 1.82 bits per heavy atom. The van der Waals surface area contributed by atoms with E-state index in [-0.39, 0.29) is 5.91 Å². The summed E-state index contributed by atoms with van der Waals surface area (Å²) in [5.41, 5.74) is 1.04. The van der Waals surface area contributed by atoms with Crippen LogP contribution >= 0.6 is 11.6 Å². The summed E-state index contributed by atoms with van der Waals surface area (Å²) in [5.74, 6) is 1.86. The number of aromatic nitrogens is 1. The zero-order valence-electron chi connectivity index (χ0n) is 15.3. The molecule has 3 aromatic rings. The fourth-order valence-electron chi connectivity index (χ4n) is 2.45. The first-order valence-corrected chi connectivity index (χ1v) is 9.06. The Morgan fingerprint density at radius 3 is 2.57 bits per heavy atom. The summed E-state index contributed by atoms with van der Waals surface area (Å²) < 4.78 is 10.8. The second-order valence-electron chi connectivity index (χ2n) is 5.81. The molecule has 2 N–H and O–H groups in total. The number of rotatable bonds is 8. The van der Waals surface area contributed by atoms with Gasteiger partial charge < -0.3 is 20.1 Å². The molecule has 6 nitrogen and oxygen atoms in total. The van der Waals surface area contributed by atoms with Crippen LogP contribution in [0.25, 0.3) is 0 Å². The predicted molar refractivity (Wildman–Crippen MR) is 111 cm³/mol. The maximum Gasteiger partial charge on any atom is 0.255 e. The molecule has 1 aromatic heterocycles. The van der Waals surface area contributed by atoms with E-state index in [4.69, 9.17) is 21.1 Å².